The van der Waals surface area contributed by atoms with Crippen LogP contribution in [0.4, 0.5) is 0 Å². The third-order valence-electron chi connectivity index (χ3n) is 3.74. The largest absolute Gasteiger partial charge is 0.396 e. The molecule has 0 amide bonds. The second-order valence-corrected chi connectivity index (χ2v) is 4.99. The van der Waals surface area contributed by atoms with Crippen LogP contribution in [0, 0.1) is 6.92 Å². The van der Waals surface area contributed by atoms with Gasteiger partial charge in [0, 0.05) is 56.9 Å². The molecule has 0 bridgehead atoms. The predicted octanol–water partition coefficient (Wildman–Crippen LogP) is 0.655. The van der Waals surface area contributed by atoms with Crippen molar-refractivity contribution in [2.24, 2.45) is 0 Å². The van der Waals surface area contributed by atoms with Gasteiger partial charge in [-0.25, -0.2) is 4.98 Å². The maximum absolute atomic E-state index is 12.1. The molecule has 112 valence electrons. The van der Waals surface area contributed by atoms with Crippen molar-refractivity contribution in [1.82, 2.24) is 9.97 Å². The Morgan fingerprint density at radius 3 is 2.70 bits per heavy atom. The molecule has 0 radical (unpaired) electrons. The molecule has 6 nitrogen and oxygen atoms in total. The molecule has 6 heteroatoms. The molecular weight excluding hydrogens is 260 g/mol. The van der Waals surface area contributed by atoms with Crippen LogP contribution in [-0.2, 0) is 21.5 Å². The maximum atomic E-state index is 12.1. The summed E-state index contributed by atoms with van der Waals surface area (Å²) in [6.45, 7) is 5.42. The standard InChI is InChI=1S/C14H22N2O4/c1-3-20-14(5-8-19-9-6-14)13-15-10(2)11(4-7-17)12(18)16-13/h17H,3-9H2,1-2H3,(H,15,16,18). The number of aromatic nitrogens is 2. The number of aryl methyl sites for hydroxylation is 1. The number of aliphatic hydroxyl groups excluding tert-OH is 1. The fourth-order valence-corrected chi connectivity index (χ4v) is 2.66. The Morgan fingerprint density at radius 1 is 1.45 bits per heavy atom. The van der Waals surface area contributed by atoms with Gasteiger partial charge in [0.15, 0.2) is 0 Å². The normalized spacial score (nSPS) is 18.1. The van der Waals surface area contributed by atoms with Crippen molar-refractivity contribution in [2.75, 3.05) is 26.4 Å². The minimum atomic E-state index is -0.561. The van der Waals surface area contributed by atoms with Crippen LogP contribution in [0.5, 0.6) is 0 Å². The lowest BCUT2D eigenvalue weighted by atomic mass is 9.92. The molecule has 1 fully saturated rings. The summed E-state index contributed by atoms with van der Waals surface area (Å²) in [5.74, 6) is 0.576. The van der Waals surface area contributed by atoms with E-state index in [4.69, 9.17) is 14.6 Å². The van der Waals surface area contributed by atoms with Crippen LogP contribution < -0.4 is 5.56 Å². The second-order valence-electron chi connectivity index (χ2n) is 4.99. The van der Waals surface area contributed by atoms with Crippen LogP contribution in [0.2, 0.25) is 0 Å². The number of aliphatic hydroxyl groups is 1. The van der Waals surface area contributed by atoms with Gasteiger partial charge < -0.3 is 19.6 Å². The van der Waals surface area contributed by atoms with E-state index < -0.39 is 5.60 Å². The lowest BCUT2D eigenvalue weighted by Gasteiger charge is -2.36. The number of hydrogen-bond donors (Lipinski definition) is 2. The van der Waals surface area contributed by atoms with E-state index in [1.807, 2.05) is 6.92 Å². The Kier molecular flexibility index (Phi) is 4.91. The molecule has 2 rings (SSSR count). The van der Waals surface area contributed by atoms with Gasteiger partial charge in [-0.3, -0.25) is 4.79 Å². The zero-order valence-corrected chi connectivity index (χ0v) is 12.1. The van der Waals surface area contributed by atoms with Crippen molar-refractivity contribution in [1.29, 1.82) is 0 Å². The zero-order valence-electron chi connectivity index (χ0n) is 12.1. The lowest BCUT2D eigenvalue weighted by molar-refractivity contribution is -0.118. The van der Waals surface area contributed by atoms with E-state index in [0.29, 0.717) is 56.2 Å². The van der Waals surface area contributed by atoms with Crippen LogP contribution in [0.3, 0.4) is 0 Å². The van der Waals surface area contributed by atoms with Crippen LogP contribution in [0.1, 0.15) is 36.8 Å². The van der Waals surface area contributed by atoms with Crippen molar-refractivity contribution in [3.05, 3.63) is 27.4 Å². The fraction of sp³-hybridized carbons (Fsp3) is 0.714. The van der Waals surface area contributed by atoms with Crippen molar-refractivity contribution in [3.63, 3.8) is 0 Å². The molecule has 2 N–H and O–H groups in total. The van der Waals surface area contributed by atoms with Crippen LogP contribution >= 0.6 is 0 Å². The van der Waals surface area contributed by atoms with E-state index in [1.165, 1.54) is 0 Å². The highest BCUT2D eigenvalue weighted by atomic mass is 16.5. The first-order chi connectivity index (χ1) is 9.63. The summed E-state index contributed by atoms with van der Waals surface area (Å²) in [6, 6.07) is 0. The highest BCUT2D eigenvalue weighted by molar-refractivity contribution is 5.19. The van der Waals surface area contributed by atoms with Gasteiger partial charge in [-0.1, -0.05) is 0 Å². The number of nitrogens with one attached hydrogen (secondary N) is 1. The molecule has 0 unspecified atom stereocenters. The first kappa shape index (κ1) is 15.2. The molecule has 1 aromatic heterocycles. The Morgan fingerprint density at radius 2 is 2.15 bits per heavy atom. The Balaban J connectivity index is 2.41. The molecule has 0 spiro atoms. The minimum Gasteiger partial charge on any atom is -0.396 e. The van der Waals surface area contributed by atoms with Crippen molar-refractivity contribution in [2.45, 2.75) is 38.7 Å². The molecular formula is C14H22N2O4. The summed E-state index contributed by atoms with van der Waals surface area (Å²) in [6.07, 6.45) is 1.68. The van der Waals surface area contributed by atoms with Crippen LogP contribution in [0.15, 0.2) is 4.79 Å². The smallest absolute Gasteiger partial charge is 0.254 e. The van der Waals surface area contributed by atoms with E-state index in [0.717, 1.165) is 0 Å². The van der Waals surface area contributed by atoms with Gasteiger partial charge in [0.25, 0.3) is 5.56 Å². The van der Waals surface area contributed by atoms with E-state index in [1.54, 1.807) is 6.92 Å². The second kappa shape index (κ2) is 6.47. The van der Waals surface area contributed by atoms with Gasteiger partial charge >= 0.3 is 0 Å². The quantitative estimate of drug-likeness (QED) is 0.828. The first-order valence-corrected chi connectivity index (χ1v) is 7.06. The molecule has 0 atom stereocenters. The lowest BCUT2D eigenvalue weighted by Crippen LogP contribution is -2.40. The highest BCUT2D eigenvalue weighted by Crippen LogP contribution is 2.33. The van der Waals surface area contributed by atoms with Crippen molar-refractivity contribution < 1.29 is 14.6 Å². The Hall–Kier alpha value is -1.24. The molecule has 1 aromatic rings. The number of ether oxygens (including phenoxy) is 2. The van der Waals surface area contributed by atoms with E-state index in [2.05, 4.69) is 9.97 Å². The molecule has 1 aliphatic heterocycles. The monoisotopic (exact) mass is 282 g/mol. The number of H-pyrrole nitrogens is 1. The predicted molar refractivity (Wildman–Crippen MR) is 73.7 cm³/mol. The molecule has 1 aliphatic rings. The SMILES string of the molecule is CCOC1(c2nc(C)c(CCO)c(=O)[nH]2)CCOCC1. The summed E-state index contributed by atoms with van der Waals surface area (Å²) in [4.78, 5) is 19.5. The Labute approximate surface area is 118 Å². The van der Waals surface area contributed by atoms with E-state index in [9.17, 15) is 4.79 Å². The average molecular weight is 282 g/mol. The third-order valence-corrected chi connectivity index (χ3v) is 3.74. The van der Waals surface area contributed by atoms with Crippen molar-refractivity contribution in [3.8, 4) is 0 Å². The highest BCUT2D eigenvalue weighted by Gasteiger charge is 2.38. The van der Waals surface area contributed by atoms with Gasteiger partial charge in [-0.15, -0.1) is 0 Å². The Bertz CT molecular complexity index is 501. The summed E-state index contributed by atoms with van der Waals surface area (Å²) >= 11 is 0. The number of nitrogens with zero attached hydrogens (tertiary/aromatic N) is 1. The van der Waals surface area contributed by atoms with E-state index >= 15 is 0 Å². The number of aromatic amines is 1. The maximum Gasteiger partial charge on any atom is 0.254 e. The fourth-order valence-electron chi connectivity index (χ4n) is 2.66. The van der Waals surface area contributed by atoms with Gasteiger partial charge in [0.1, 0.15) is 11.4 Å². The summed E-state index contributed by atoms with van der Waals surface area (Å²) < 4.78 is 11.3. The van der Waals surface area contributed by atoms with Crippen molar-refractivity contribution >= 4 is 0 Å². The van der Waals surface area contributed by atoms with Gasteiger partial charge in [-0.2, -0.15) is 0 Å². The summed E-state index contributed by atoms with van der Waals surface area (Å²) in [5.41, 5.74) is 0.444. The number of rotatable bonds is 5. The number of hydrogen-bond acceptors (Lipinski definition) is 5. The van der Waals surface area contributed by atoms with Gasteiger partial charge in [0.2, 0.25) is 0 Å². The molecule has 1 saturated heterocycles. The molecule has 0 saturated carbocycles. The topological polar surface area (TPSA) is 84.4 Å². The first-order valence-electron chi connectivity index (χ1n) is 7.06. The minimum absolute atomic E-state index is 0.0601. The molecule has 2 heterocycles. The molecule has 0 aliphatic carbocycles. The molecule has 0 aromatic carbocycles. The van der Waals surface area contributed by atoms with Crippen LogP contribution in [0.25, 0.3) is 0 Å². The molecule has 20 heavy (non-hydrogen) atoms. The van der Waals surface area contributed by atoms with Gasteiger partial charge in [-0.05, 0) is 13.8 Å². The summed E-state index contributed by atoms with van der Waals surface area (Å²) in [7, 11) is 0. The zero-order chi connectivity index (χ0) is 14.6. The summed E-state index contributed by atoms with van der Waals surface area (Å²) in [5, 5.41) is 9.00. The average Bonchev–Trinajstić information content (AvgIpc) is 2.44. The van der Waals surface area contributed by atoms with Gasteiger partial charge in [0.05, 0.1) is 0 Å². The van der Waals surface area contributed by atoms with E-state index in [-0.39, 0.29) is 12.2 Å². The van der Waals surface area contributed by atoms with Crippen LogP contribution in [-0.4, -0.2) is 41.5 Å². The third kappa shape index (κ3) is 2.92.